The molecule has 0 atom stereocenters. The van der Waals surface area contributed by atoms with Crippen LogP contribution in [0.2, 0.25) is 0 Å². The molecule has 0 aliphatic rings. The minimum atomic E-state index is 0.229. The monoisotopic (exact) mass is 459 g/mol. The third-order valence-corrected chi connectivity index (χ3v) is 5.31. The van der Waals surface area contributed by atoms with Crippen LogP contribution in [0.1, 0.15) is 50.6 Å². The Kier molecular flexibility index (Phi) is 10.3. The Balaban J connectivity index is 0.000000618. The number of aryl methyl sites for hydroxylation is 1. The molecule has 0 unspecified atom stereocenters. The third-order valence-electron chi connectivity index (χ3n) is 5.31. The fraction of sp³-hybridized carbons (Fsp3) is 0.286. The van der Waals surface area contributed by atoms with E-state index in [-0.39, 0.29) is 5.75 Å². The fourth-order valence-electron chi connectivity index (χ4n) is 3.68. The number of anilines is 1. The van der Waals surface area contributed by atoms with E-state index in [1.54, 1.807) is 18.2 Å². The van der Waals surface area contributed by atoms with Crippen LogP contribution in [0.15, 0.2) is 67.8 Å². The average Bonchev–Trinajstić information content (AvgIpc) is 3.24. The Morgan fingerprint density at radius 2 is 1.76 bits per heavy atom. The number of nitrogen functional groups attached to an aromatic ring is 1. The van der Waals surface area contributed by atoms with Gasteiger partial charge in [0.05, 0.1) is 11.0 Å². The van der Waals surface area contributed by atoms with Crippen LogP contribution in [-0.4, -0.2) is 19.6 Å². The molecule has 0 saturated heterocycles. The van der Waals surface area contributed by atoms with Crippen LogP contribution in [0.5, 0.6) is 5.75 Å². The first kappa shape index (κ1) is 26.6. The number of rotatable bonds is 7. The van der Waals surface area contributed by atoms with Crippen molar-refractivity contribution in [1.29, 1.82) is 0 Å². The van der Waals surface area contributed by atoms with E-state index in [4.69, 9.17) is 16.5 Å². The molecule has 34 heavy (non-hydrogen) atoms. The molecule has 6 heteroatoms. The third kappa shape index (κ3) is 6.02. The van der Waals surface area contributed by atoms with Gasteiger partial charge in [-0.25, -0.2) is 9.97 Å². The van der Waals surface area contributed by atoms with Crippen LogP contribution in [-0.2, 0) is 19.5 Å². The summed E-state index contributed by atoms with van der Waals surface area (Å²) in [5.74, 6) is 1.69. The number of hydrogen-bond donors (Lipinski definition) is 3. The summed E-state index contributed by atoms with van der Waals surface area (Å²) >= 11 is 0. The number of aromatic hydroxyl groups is 1. The number of para-hydroxylation sites is 1. The zero-order valence-corrected chi connectivity index (χ0v) is 20.6. The van der Waals surface area contributed by atoms with Crippen molar-refractivity contribution >= 4 is 27.8 Å². The van der Waals surface area contributed by atoms with Gasteiger partial charge in [0.15, 0.2) is 5.82 Å². The number of unbranched alkanes of at least 4 members (excludes halogenated alkanes) is 1. The van der Waals surface area contributed by atoms with Gasteiger partial charge in [0, 0.05) is 30.5 Å². The number of nitrogens with zero attached hydrogens (tertiary/aromatic N) is 3. The maximum absolute atomic E-state index is 9.96. The lowest BCUT2D eigenvalue weighted by Crippen LogP contribution is -2.07. The highest BCUT2D eigenvalue weighted by molar-refractivity contribution is 6.06. The van der Waals surface area contributed by atoms with E-state index < -0.39 is 0 Å². The van der Waals surface area contributed by atoms with Crippen molar-refractivity contribution in [3.8, 4) is 5.75 Å². The predicted octanol–water partition coefficient (Wildman–Crippen LogP) is 6.11. The van der Waals surface area contributed by atoms with Crippen molar-refractivity contribution in [3.63, 3.8) is 0 Å². The molecule has 0 radical (unpaired) electrons. The standard InChI is InChI=1S/C22H25N5O.C4H6.C2H6/c1-2-3-8-19-26-20-21(16-6-4-5-7-17(16)25-22(20)24)27(19)13-14-9-10-18(28)15(11-14)12-23;1-3-4-2;1-2/h4-7,9-11,28H,2-3,8,12-13,23H2,1H3,(H2,24,25);3-4H,1-2H2;1-2H3. The first-order valence-corrected chi connectivity index (χ1v) is 11.8. The number of benzene rings is 2. The number of aromatic nitrogens is 3. The Labute approximate surface area is 202 Å². The normalized spacial score (nSPS) is 10.2. The Bertz CT molecular complexity index is 1240. The largest absolute Gasteiger partial charge is 0.508 e. The van der Waals surface area contributed by atoms with Gasteiger partial charge in [0.2, 0.25) is 0 Å². The second-order valence-corrected chi connectivity index (χ2v) is 7.57. The second-order valence-electron chi connectivity index (χ2n) is 7.57. The molecule has 0 amide bonds. The Morgan fingerprint density at radius 3 is 2.41 bits per heavy atom. The van der Waals surface area contributed by atoms with E-state index in [1.807, 2.05) is 44.2 Å². The van der Waals surface area contributed by atoms with Crippen LogP contribution >= 0.6 is 0 Å². The number of allylic oxidation sites excluding steroid dienone is 2. The van der Waals surface area contributed by atoms with Gasteiger partial charge in [-0.3, -0.25) is 0 Å². The number of fused-ring (bicyclic) bond motifs is 3. The van der Waals surface area contributed by atoms with E-state index in [2.05, 4.69) is 35.7 Å². The summed E-state index contributed by atoms with van der Waals surface area (Å²) in [7, 11) is 0. The fourth-order valence-corrected chi connectivity index (χ4v) is 3.68. The summed E-state index contributed by atoms with van der Waals surface area (Å²) in [6, 6.07) is 13.6. The molecule has 2 aromatic carbocycles. The van der Waals surface area contributed by atoms with Crippen LogP contribution in [0, 0.1) is 0 Å². The molecule has 0 aliphatic heterocycles. The molecule has 0 spiro atoms. The number of nitrogens with two attached hydrogens (primary N) is 2. The van der Waals surface area contributed by atoms with Gasteiger partial charge in [0.25, 0.3) is 0 Å². The number of pyridine rings is 1. The minimum absolute atomic E-state index is 0.229. The first-order valence-electron chi connectivity index (χ1n) is 11.8. The molecule has 0 bridgehead atoms. The Morgan fingerprint density at radius 1 is 1.06 bits per heavy atom. The lowest BCUT2D eigenvalue weighted by Gasteiger charge is -2.12. The topological polar surface area (TPSA) is 103 Å². The van der Waals surface area contributed by atoms with Gasteiger partial charge >= 0.3 is 0 Å². The lowest BCUT2D eigenvalue weighted by atomic mass is 10.1. The van der Waals surface area contributed by atoms with Crippen LogP contribution in [0.25, 0.3) is 21.9 Å². The average molecular weight is 460 g/mol. The summed E-state index contributed by atoms with van der Waals surface area (Å²) in [5.41, 5.74) is 16.5. The smallest absolute Gasteiger partial charge is 0.152 e. The molecule has 4 rings (SSSR count). The van der Waals surface area contributed by atoms with Gasteiger partial charge < -0.3 is 21.1 Å². The molecule has 2 heterocycles. The van der Waals surface area contributed by atoms with E-state index in [0.29, 0.717) is 18.9 Å². The SMILES string of the molecule is C=CC=C.CC.CCCCc1nc2c(N)nc3ccccc3c2n1Cc1ccc(O)c(CN)c1. The van der Waals surface area contributed by atoms with Crippen molar-refractivity contribution in [2.45, 2.75) is 53.1 Å². The maximum atomic E-state index is 9.96. The zero-order chi connectivity index (χ0) is 25.1. The van der Waals surface area contributed by atoms with E-state index in [9.17, 15) is 5.11 Å². The van der Waals surface area contributed by atoms with Gasteiger partial charge in [-0.05, 0) is 30.2 Å². The lowest BCUT2D eigenvalue weighted by molar-refractivity contribution is 0.468. The first-order chi connectivity index (χ1) is 16.5. The predicted molar refractivity (Wildman–Crippen MR) is 145 cm³/mol. The molecule has 2 aromatic heterocycles. The molecule has 0 aliphatic carbocycles. The summed E-state index contributed by atoms with van der Waals surface area (Å²) in [5, 5.41) is 11.0. The summed E-state index contributed by atoms with van der Waals surface area (Å²) in [6.07, 6.45) is 6.30. The van der Waals surface area contributed by atoms with E-state index in [1.165, 1.54) is 0 Å². The molecule has 4 aromatic rings. The van der Waals surface area contributed by atoms with Gasteiger partial charge in [-0.2, -0.15) is 0 Å². The summed E-state index contributed by atoms with van der Waals surface area (Å²) in [4.78, 5) is 9.39. The second kappa shape index (κ2) is 13.2. The molecular formula is C28H37N5O. The Hall–Kier alpha value is -3.64. The molecule has 6 nitrogen and oxygen atoms in total. The number of phenols is 1. The van der Waals surface area contributed by atoms with Crippen LogP contribution in [0.4, 0.5) is 5.82 Å². The highest BCUT2D eigenvalue weighted by atomic mass is 16.3. The molecule has 180 valence electrons. The van der Waals surface area contributed by atoms with Crippen LogP contribution in [0.3, 0.4) is 0 Å². The molecule has 5 N–H and O–H groups in total. The van der Waals surface area contributed by atoms with Crippen molar-refractivity contribution in [3.05, 3.63) is 84.7 Å². The van der Waals surface area contributed by atoms with Gasteiger partial charge in [-0.1, -0.05) is 76.8 Å². The number of hydrogen-bond acceptors (Lipinski definition) is 5. The van der Waals surface area contributed by atoms with Crippen molar-refractivity contribution in [2.75, 3.05) is 5.73 Å². The van der Waals surface area contributed by atoms with Crippen molar-refractivity contribution in [2.24, 2.45) is 5.73 Å². The molecular weight excluding hydrogens is 422 g/mol. The maximum Gasteiger partial charge on any atom is 0.152 e. The molecule has 0 saturated carbocycles. The number of imidazole rings is 1. The van der Waals surface area contributed by atoms with E-state index >= 15 is 0 Å². The summed E-state index contributed by atoms with van der Waals surface area (Å²) < 4.78 is 2.23. The van der Waals surface area contributed by atoms with Gasteiger partial charge in [0.1, 0.15) is 17.1 Å². The van der Waals surface area contributed by atoms with Crippen LogP contribution < -0.4 is 11.5 Å². The highest BCUT2D eigenvalue weighted by Gasteiger charge is 2.17. The quantitative estimate of drug-likeness (QED) is 0.289. The van der Waals surface area contributed by atoms with Crippen molar-refractivity contribution in [1.82, 2.24) is 14.5 Å². The van der Waals surface area contributed by atoms with Crippen molar-refractivity contribution < 1.29 is 5.11 Å². The molecule has 0 fully saturated rings. The van der Waals surface area contributed by atoms with E-state index in [0.717, 1.165) is 58.2 Å². The highest BCUT2D eigenvalue weighted by Crippen LogP contribution is 2.30. The zero-order valence-electron chi connectivity index (χ0n) is 20.6. The minimum Gasteiger partial charge on any atom is -0.508 e. The van der Waals surface area contributed by atoms with Gasteiger partial charge in [-0.15, -0.1) is 0 Å². The summed E-state index contributed by atoms with van der Waals surface area (Å²) in [6.45, 7) is 13.8. The number of phenolic OH excluding ortho intramolecular Hbond substituents is 1.